The maximum absolute atomic E-state index is 12.5. The Morgan fingerprint density at radius 3 is 2.80 bits per heavy atom. The molecule has 0 fully saturated rings. The molecule has 0 saturated carbocycles. The number of rotatable bonds is 6. The highest BCUT2D eigenvalue weighted by molar-refractivity contribution is 9.10. The first-order valence-corrected chi connectivity index (χ1v) is 9.71. The zero-order valence-corrected chi connectivity index (χ0v) is 15.9. The van der Waals surface area contributed by atoms with Gasteiger partial charge in [0.2, 0.25) is 0 Å². The molecular weight excluding hydrogens is 439 g/mol. The maximum atomic E-state index is 12.5. The Kier molecular flexibility index (Phi) is 5.56. The number of nitrogens with zero attached hydrogens (tertiary/aromatic N) is 3. The van der Waals surface area contributed by atoms with E-state index in [-0.39, 0.29) is 6.42 Å². The van der Waals surface area contributed by atoms with Crippen molar-refractivity contribution < 1.29 is 13.2 Å². The van der Waals surface area contributed by atoms with Gasteiger partial charge in [-0.15, -0.1) is 32.9 Å². The minimum Gasteiger partial charge on any atom is -0.362 e. The number of thiophene rings is 2. The van der Waals surface area contributed by atoms with Crippen LogP contribution in [-0.2, 0) is 13.0 Å². The fourth-order valence-electron chi connectivity index (χ4n) is 2.29. The quantitative estimate of drug-likeness (QED) is 0.582. The molecule has 3 heterocycles. The highest BCUT2D eigenvalue weighted by atomic mass is 79.9. The van der Waals surface area contributed by atoms with Crippen LogP contribution in [0.2, 0.25) is 0 Å². The molecule has 0 spiro atoms. The summed E-state index contributed by atoms with van der Waals surface area (Å²) in [7, 11) is 0. The number of fused-ring (bicyclic) bond motifs is 1. The van der Waals surface area contributed by atoms with E-state index in [1.807, 2.05) is 17.5 Å². The molecule has 0 bridgehead atoms. The molecule has 0 aromatic carbocycles. The van der Waals surface area contributed by atoms with Gasteiger partial charge in [0.25, 0.3) is 0 Å². The molecule has 0 aliphatic rings. The molecule has 0 aliphatic heterocycles. The topological polar surface area (TPSA) is 76.7 Å². The average molecular weight is 452 g/mol. The first-order valence-electron chi connectivity index (χ1n) is 7.22. The molecule has 25 heavy (non-hydrogen) atoms. The molecule has 3 N–H and O–H groups in total. The summed E-state index contributed by atoms with van der Waals surface area (Å²) in [6.07, 6.45) is -5.20. The maximum Gasteiger partial charge on any atom is 0.390 e. The Morgan fingerprint density at radius 2 is 2.12 bits per heavy atom. The number of aromatic nitrogens is 3. The average Bonchev–Trinajstić information content (AvgIpc) is 3.13. The SMILES string of the molecule is N[C@H](Cc1sc2c(NCc3cccs3)nnnc2c1Br)CC(F)(F)F. The van der Waals surface area contributed by atoms with Gasteiger partial charge in [-0.25, -0.2) is 0 Å². The van der Waals surface area contributed by atoms with Crippen LogP contribution in [0, 0.1) is 0 Å². The van der Waals surface area contributed by atoms with Crippen molar-refractivity contribution in [1.29, 1.82) is 0 Å². The van der Waals surface area contributed by atoms with Crippen LogP contribution in [-0.4, -0.2) is 27.6 Å². The zero-order valence-electron chi connectivity index (χ0n) is 12.7. The second-order valence-electron chi connectivity index (χ2n) is 5.37. The lowest BCUT2D eigenvalue weighted by Crippen LogP contribution is -2.29. The predicted molar refractivity (Wildman–Crippen MR) is 96.9 cm³/mol. The Labute approximate surface area is 157 Å². The molecule has 11 heteroatoms. The van der Waals surface area contributed by atoms with Crippen molar-refractivity contribution >= 4 is 54.6 Å². The minimum absolute atomic E-state index is 0.103. The van der Waals surface area contributed by atoms with Crippen LogP contribution in [0.4, 0.5) is 19.0 Å². The van der Waals surface area contributed by atoms with Gasteiger partial charge in [0.05, 0.1) is 17.4 Å². The third-order valence-electron chi connectivity index (χ3n) is 3.35. The summed E-state index contributed by atoms with van der Waals surface area (Å²) in [5.41, 5.74) is 6.22. The second-order valence-corrected chi connectivity index (χ2v) is 8.30. The van der Waals surface area contributed by atoms with E-state index >= 15 is 0 Å². The third kappa shape index (κ3) is 4.66. The summed E-state index contributed by atoms with van der Waals surface area (Å²) in [6.45, 7) is 0.587. The van der Waals surface area contributed by atoms with Crippen molar-refractivity contribution in [2.45, 2.75) is 31.6 Å². The van der Waals surface area contributed by atoms with Gasteiger partial charge in [0.1, 0.15) is 10.2 Å². The van der Waals surface area contributed by atoms with Crippen LogP contribution < -0.4 is 11.1 Å². The summed E-state index contributed by atoms with van der Waals surface area (Å²) in [5, 5.41) is 16.9. The molecule has 3 rings (SSSR count). The number of hydrogen-bond donors (Lipinski definition) is 2. The second kappa shape index (κ2) is 7.52. The van der Waals surface area contributed by atoms with Crippen LogP contribution in [0.25, 0.3) is 10.2 Å². The molecule has 0 amide bonds. The van der Waals surface area contributed by atoms with Crippen LogP contribution in [0.3, 0.4) is 0 Å². The van der Waals surface area contributed by atoms with Gasteiger partial charge in [0, 0.05) is 15.8 Å². The fourth-order valence-corrected chi connectivity index (χ4v) is 4.93. The number of nitrogens with one attached hydrogen (secondary N) is 1. The van der Waals surface area contributed by atoms with E-state index in [0.717, 1.165) is 9.58 Å². The molecule has 1 atom stereocenters. The molecule has 0 unspecified atom stereocenters. The Hall–Kier alpha value is -1.30. The first kappa shape index (κ1) is 18.5. The summed E-state index contributed by atoms with van der Waals surface area (Å²) < 4.78 is 38.8. The van der Waals surface area contributed by atoms with Crippen molar-refractivity contribution in [3.05, 3.63) is 31.7 Å². The Morgan fingerprint density at radius 1 is 1.32 bits per heavy atom. The Balaban J connectivity index is 1.81. The lowest BCUT2D eigenvalue weighted by molar-refractivity contribution is -0.138. The molecule has 0 aliphatic carbocycles. The van der Waals surface area contributed by atoms with E-state index in [1.54, 1.807) is 11.3 Å². The molecule has 0 saturated heterocycles. The zero-order chi connectivity index (χ0) is 18.0. The van der Waals surface area contributed by atoms with Crippen molar-refractivity contribution in [3.8, 4) is 0 Å². The summed E-state index contributed by atoms with van der Waals surface area (Å²) in [4.78, 5) is 1.84. The predicted octanol–water partition coefficient (Wildman–Crippen LogP) is 4.34. The summed E-state index contributed by atoms with van der Waals surface area (Å²) in [5.74, 6) is 0.555. The monoisotopic (exact) mass is 451 g/mol. The Bertz CT molecular complexity index is 850. The number of anilines is 1. The normalized spacial score (nSPS) is 13.3. The minimum atomic E-state index is -4.28. The first-order chi connectivity index (χ1) is 11.8. The summed E-state index contributed by atoms with van der Waals surface area (Å²) >= 11 is 6.34. The third-order valence-corrected chi connectivity index (χ3v) is 6.55. The molecule has 3 aromatic rings. The van der Waals surface area contributed by atoms with Crippen LogP contribution in [0.15, 0.2) is 22.0 Å². The molecule has 134 valence electrons. The molecule has 0 radical (unpaired) electrons. The lowest BCUT2D eigenvalue weighted by atomic mass is 10.1. The van der Waals surface area contributed by atoms with Gasteiger partial charge in [0.15, 0.2) is 5.82 Å². The van der Waals surface area contributed by atoms with Gasteiger partial charge in [-0.1, -0.05) is 6.07 Å². The van der Waals surface area contributed by atoms with Crippen LogP contribution in [0.1, 0.15) is 16.2 Å². The molecular formula is C14H13BrF3N5S2. The summed E-state index contributed by atoms with van der Waals surface area (Å²) in [6, 6.07) is 2.94. The number of hydrogen-bond acceptors (Lipinski definition) is 7. The largest absolute Gasteiger partial charge is 0.390 e. The molecule has 5 nitrogen and oxygen atoms in total. The van der Waals surface area contributed by atoms with Crippen molar-refractivity contribution in [2.75, 3.05) is 5.32 Å². The van der Waals surface area contributed by atoms with Crippen molar-refractivity contribution in [3.63, 3.8) is 0 Å². The van der Waals surface area contributed by atoms with Crippen LogP contribution in [0.5, 0.6) is 0 Å². The highest BCUT2D eigenvalue weighted by Crippen LogP contribution is 2.38. The highest BCUT2D eigenvalue weighted by Gasteiger charge is 2.31. The van der Waals surface area contributed by atoms with Crippen molar-refractivity contribution in [2.24, 2.45) is 5.73 Å². The number of nitrogens with two attached hydrogens (primary N) is 1. The van der Waals surface area contributed by atoms with Crippen molar-refractivity contribution in [1.82, 2.24) is 15.4 Å². The smallest absolute Gasteiger partial charge is 0.362 e. The van der Waals surface area contributed by atoms with E-state index in [2.05, 4.69) is 36.7 Å². The van der Waals surface area contributed by atoms with E-state index in [0.29, 0.717) is 27.2 Å². The number of alkyl halides is 3. The van der Waals surface area contributed by atoms with Gasteiger partial charge in [-0.2, -0.15) is 13.2 Å². The van der Waals surface area contributed by atoms with Gasteiger partial charge in [-0.05, 0) is 39.0 Å². The van der Waals surface area contributed by atoms with E-state index in [4.69, 9.17) is 5.73 Å². The lowest BCUT2D eigenvalue weighted by Gasteiger charge is -2.13. The van der Waals surface area contributed by atoms with Gasteiger partial charge >= 0.3 is 6.18 Å². The van der Waals surface area contributed by atoms with Crippen LogP contribution >= 0.6 is 38.6 Å². The van der Waals surface area contributed by atoms with E-state index < -0.39 is 18.6 Å². The standard InChI is InChI=1S/C14H13BrF3N5S2/c15-10-9(4-7(19)5-14(16,17)18)25-12-11(10)21-23-22-13(12)20-6-8-2-1-3-24-8/h1-3,7H,4-6,19H2,(H,20,21,22)/t7-/m1/s1. The van der Waals surface area contributed by atoms with E-state index in [9.17, 15) is 13.2 Å². The van der Waals surface area contributed by atoms with E-state index in [1.165, 1.54) is 11.3 Å². The van der Waals surface area contributed by atoms with Gasteiger partial charge < -0.3 is 11.1 Å². The molecule has 3 aromatic heterocycles. The fraction of sp³-hybridized carbons (Fsp3) is 0.357. The van der Waals surface area contributed by atoms with Gasteiger partial charge in [-0.3, -0.25) is 0 Å². The number of halogens is 4.